The molecule has 3 N–H and O–H groups in total. The van der Waals surface area contributed by atoms with Gasteiger partial charge in [-0.15, -0.1) is 0 Å². The van der Waals surface area contributed by atoms with Gasteiger partial charge in [0.1, 0.15) is 0 Å². The van der Waals surface area contributed by atoms with Crippen LogP contribution < -0.4 is 10.6 Å². The summed E-state index contributed by atoms with van der Waals surface area (Å²) in [6.45, 7) is 3.74. The van der Waals surface area contributed by atoms with Crippen molar-refractivity contribution in [1.29, 1.82) is 0 Å². The molecule has 0 spiro atoms. The molecule has 4 heteroatoms. The average molecular weight is 190 g/mol. The maximum Gasteiger partial charge on any atom is 0.166 e. The van der Waals surface area contributed by atoms with Crippen LogP contribution in [-0.4, -0.2) is 29.9 Å². The Morgan fingerprint density at radius 1 is 1.25 bits per heavy atom. The molecule has 0 aromatic heterocycles. The number of aliphatic hydroxyl groups is 1. The van der Waals surface area contributed by atoms with Gasteiger partial charge in [0, 0.05) is 13.1 Å². The molecule has 12 heavy (non-hydrogen) atoms. The first kappa shape index (κ1) is 11.6. The van der Waals surface area contributed by atoms with Crippen molar-refractivity contribution in [3.05, 3.63) is 0 Å². The molecule has 0 unspecified atom stereocenters. The molecule has 0 aromatic rings. The number of hydrogen-bond donors (Lipinski definition) is 3. The third kappa shape index (κ3) is 7.75. The van der Waals surface area contributed by atoms with Gasteiger partial charge in [-0.25, -0.2) is 0 Å². The fourth-order valence-corrected chi connectivity index (χ4v) is 1.01. The van der Waals surface area contributed by atoms with Crippen molar-refractivity contribution in [2.75, 3.05) is 19.7 Å². The topological polar surface area (TPSA) is 44.3 Å². The Bertz CT molecular complexity index is 120. The molecule has 0 aromatic carbocycles. The second-order valence-corrected chi connectivity index (χ2v) is 3.02. The van der Waals surface area contributed by atoms with Gasteiger partial charge >= 0.3 is 0 Å². The smallest absolute Gasteiger partial charge is 0.166 e. The van der Waals surface area contributed by atoms with Crippen molar-refractivity contribution in [2.24, 2.45) is 0 Å². The third-order valence-electron chi connectivity index (χ3n) is 1.46. The maximum absolute atomic E-state index is 8.47. The molecule has 0 radical (unpaired) electrons. The van der Waals surface area contributed by atoms with E-state index >= 15 is 0 Å². The van der Waals surface area contributed by atoms with Crippen LogP contribution >= 0.6 is 12.2 Å². The van der Waals surface area contributed by atoms with Crippen LogP contribution in [0.25, 0.3) is 0 Å². The molecule has 0 atom stereocenters. The predicted molar refractivity (Wildman–Crippen MR) is 55.2 cm³/mol. The second-order valence-electron chi connectivity index (χ2n) is 2.61. The van der Waals surface area contributed by atoms with E-state index in [2.05, 4.69) is 17.6 Å². The van der Waals surface area contributed by atoms with Crippen molar-refractivity contribution in [1.82, 2.24) is 10.6 Å². The Morgan fingerprint density at radius 3 is 2.50 bits per heavy atom. The first-order chi connectivity index (χ1) is 5.81. The SMILES string of the molecule is CCCCCNC(=S)NCCO. The van der Waals surface area contributed by atoms with Crippen molar-refractivity contribution in [3.63, 3.8) is 0 Å². The lowest BCUT2D eigenvalue weighted by Gasteiger charge is -2.08. The van der Waals surface area contributed by atoms with E-state index in [0.29, 0.717) is 11.7 Å². The summed E-state index contributed by atoms with van der Waals surface area (Å²) in [4.78, 5) is 0. The van der Waals surface area contributed by atoms with Gasteiger partial charge in [-0.2, -0.15) is 0 Å². The summed E-state index contributed by atoms with van der Waals surface area (Å²) < 4.78 is 0. The number of nitrogens with one attached hydrogen (secondary N) is 2. The minimum absolute atomic E-state index is 0.122. The Balaban J connectivity index is 3.08. The molecule has 0 heterocycles. The molecule has 0 rings (SSSR count). The van der Waals surface area contributed by atoms with Crippen LogP contribution in [0.5, 0.6) is 0 Å². The predicted octanol–water partition coefficient (Wildman–Crippen LogP) is 0.633. The van der Waals surface area contributed by atoms with E-state index in [0.717, 1.165) is 13.0 Å². The fourth-order valence-electron chi connectivity index (χ4n) is 0.809. The van der Waals surface area contributed by atoms with Crippen molar-refractivity contribution in [2.45, 2.75) is 26.2 Å². The van der Waals surface area contributed by atoms with Gasteiger partial charge in [-0.1, -0.05) is 19.8 Å². The van der Waals surface area contributed by atoms with E-state index in [1.807, 2.05) is 0 Å². The lowest BCUT2D eigenvalue weighted by Crippen LogP contribution is -2.37. The van der Waals surface area contributed by atoms with E-state index < -0.39 is 0 Å². The Labute approximate surface area is 79.5 Å². The molecular weight excluding hydrogens is 172 g/mol. The number of rotatable bonds is 6. The lowest BCUT2D eigenvalue weighted by molar-refractivity contribution is 0.300. The standard InChI is InChI=1S/C8H18N2OS/c1-2-3-4-5-9-8(12)10-6-7-11/h11H,2-7H2,1H3,(H2,9,10,12). The van der Waals surface area contributed by atoms with Gasteiger partial charge in [-0.3, -0.25) is 0 Å². The Morgan fingerprint density at radius 2 is 1.92 bits per heavy atom. The summed E-state index contributed by atoms with van der Waals surface area (Å²) in [5.74, 6) is 0. The highest BCUT2D eigenvalue weighted by molar-refractivity contribution is 7.80. The van der Waals surface area contributed by atoms with Crippen LogP contribution in [0.4, 0.5) is 0 Å². The number of aliphatic hydroxyl groups excluding tert-OH is 1. The third-order valence-corrected chi connectivity index (χ3v) is 1.75. The van der Waals surface area contributed by atoms with E-state index in [1.54, 1.807) is 0 Å². The van der Waals surface area contributed by atoms with Crippen molar-refractivity contribution < 1.29 is 5.11 Å². The fraction of sp³-hybridized carbons (Fsp3) is 0.875. The van der Waals surface area contributed by atoms with Gasteiger partial charge in [-0.05, 0) is 18.6 Å². The van der Waals surface area contributed by atoms with E-state index in [4.69, 9.17) is 17.3 Å². The zero-order chi connectivity index (χ0) is 9.23. The first-order valence-electron chi connectivity index (χ1n) is 4.43. The van der Waals surface area contributed by atoms with Crippen molar-refractivity contribution >= 4 is 17.3 Å². The van der Waals surface area contributed by atoms with Gasteiger partial charge < -0.3 is 15.7 Å². The molecule has 0 amide bonds. The van der Waals surface area contributed by atoms with Crippen LogP contribution in [0.15, 0.2) is 0 Å². The molecule has 0 saturated heterocycles. The van der Waals surface area contributed by atoms with E-state index in [-0.39, 0.29) is 6.61 Å². The lowest BCUT2D eigenvalue weighted by atomic mass is 10.2. The summed E-state index contributed by atoms with van der Waals surface area (Å²) in [5.41, 5.74) is 0. The monoisotopic (exact) mass is 190 g/mol. The number of thiocarbonyl (C=S) groups is 1. The first-order valence-corrected chi connectivity index (χ1v) is 4.84. The van der Waals surface area contributed by atoms with Gasteiger partial charge in [0.25, 0.3) is 0 Å². The summed E-state index contributed by atoms with van der Waals surface area (Å²) in [6, 6.07) is 0. The van der Waals surface area contributed by atoms with Crippen LogP contribution in [0.3, 0.4) is 0 Å². The van der Waals surface area contributed by atoms with E-state index in [9.17, 15) is 0 Å². The van der Waals surface area contributed by atoms with Crippen LogP contribution in [0, 0.1) is 0 Å². The van der Waals surface area contributed by atoms with Crippen LogP contribution in [-0.2, 0) is 0 Å². The largest absolute Gasteiger partial charge is 0.395 e. The van der Waals surface area contributed by atoms with Crippen molar-refractivity contribution in [3.8, 4) is 0 Å². The number of hydrogen-bond acceptors (Lipinski definition) is 2. The molecule has 0 aliphatic rings. The Kier molecular flexibility index (Phi) is 8.49. The maximum atomic E-state index is 8.47. The van der Waals surface area contributed by atoms with Crippen LogP contribution in [0.2, 0.25) is 0 Å². The Hall–Kier alpha value is -0.350. The van der Waals surface area contributed by atoms with Gasteiger partial charge in [0.2, 0.25) is 0 Å². The van der Waals surface area contributed by atoms with Gasteiger partial charge in [0.05, 0.1) is 6.61 Å². The zero-order valence-corrected chi connectivity index (χ0v) is 8.41. The zero-order valence-electron chi connectivity index (χ0n) is 7.60. The molecule has 0 saturated carbocycles. The highest BCUT2D eigenvalue weighted by Gasteiger charge is 1.91. The highest BCUT2D eigenvalue weighted by atomic mass is 32.1. The summed E-state index contributed by atoms with van der Waals surface area (Å²) in [5, 5.41) is 15.1. The summed E-state index contributed by atoms with van der Waals surface area (Å²) >= 11 is 4.94. The average Bonchev–Trinajstić information content (AvgIpc) is 2.09. The molecule has 0 aliphatic heterocycles. The summed E-state index contributed by atoms with van der Waals surface area (Å²) in [6.07, 6.45) is 3.60. The normalized spacial score (nSPS) is 9.50. The highest BCUT2D eigenvalue weighted by Crippen LogP contribution is 1.90. The van der Waals surface area contributed by atoms with Gasteiger partial charge in [0.15, 0.2) is 5.11 Å². The molecule has 0 fully saturated rings. The minimum Gasteiger partial charge on any atom is -0.395 e. The second kappa shape index (κ2) is 8.74. The molecule has 0 bridgehead atoms. The van der Waals surface area contributed by atoms with Crippen LogP contribution in [0.1, 0.15) is 26.2 Å². The minimum atomic E-state index is 0.122. The molecule has 72 valence electrons. The molecule has 0 aliphatic carbocycles. The number of unbranched alkanes of at least 4 members (excludes halogenated alkanes) is 2. The molecular formula is C8H18N2OS. The molecule has 3 nitrogen and oxygen atoms in total. The van der Waals surface area contributed by atoms with E-state index in [1.165, 1.54) is 12.8 Å². The summed E-state index contributed by atoms with van der Waals surface area (Å²) in [7, 11) is 0. The quantitative estimate of drug-likeness (QED) is 0.425.